The van der Waals surface area contributed by atoms with Crippen LogP contribution in [0, 0.1) is 40.0 Å². The highest BCUT2D eigenvalue weighted by Gasteiger charge is 2.37. The minimum Gasteiger partial charge on any atom is -0.744 e. The van der Waals surface area contributed by atoms with Crippen molar-refractivity contribution in [1.29, 1.82) is 5.26 Å². The summed E-state index contributed by atoms with van der Waals surface area (Å²) < 4.78 is 370. The molecule has 9 aromatic rings. The first-order valence-electron chi connectivity index (χ1n) is 38.9. The monoisotopic (exact) mass is 2210 g/mol. The van der Waals surface area contributed by atoms with E-state index in [2.05, 4.69) is 28.6 Å². The van der Waals surface area contributed by atoms with E-state index in [1.165, 1.54) is 84.9 Å². The van der Waals surface area contributed by atoms with Crippen molar-refractivity contribution in [2.24, 2.45) is 0 Å². The van der Waals surface area contributed by atoms with E-state index in [1.54, 1.807) is 86.6 Å². The molecule has 0 heterocycles. The van der Waals surface area contributed by atoms with Crippen molar-refractivity contribution in [1.82, 2.24) is 0 Å². The summed E-state index contributed by atoms with van der Waals surface area (Å²) >= 11 is 6.51. The number of alkyl halides is 3. The van der Waals surface area contributed by atoms with Crippen molar-refractivity contribution in [2.75, 3.05) is 0 Å². The van der Waals surface area contributed by atoms with Crippen LogP contribution in [0.15, 0.2) is 224 Å². The number of hydrogen-bond donors (Lipinski definition) is 1. The number of halogens is 6. The van der Waals surface area contributed by atoms with Crippen LogP contribution in [0.3, 0.4) is 0 Å². The number of hydrogen-bond acceptors (Lipinski definition) is 34. The summed E-state index contributed by atoms with van der Waals surface area (Å²) in [7, 11) is -40.8. The van der Waals surface area contributed by atoms with E-state index >= 15 is 0 Å². The molecule has 51 heteroatoms. The topological polar surface area (TPSA) is 633 Å². The Bertz CT molecular complexity index is 6840. The third-order valence-electron chi connectivity index (χ3n) is 18.0. The Morgan fingerprint density at radius 2 is 0.652 bits per heavy atom. The Hall–Kier alpha value is -8.97. The molecule has 0 aromatic heterocycles. The van der Waals surface area contributed by atoms with E-state index in [1.807, 2.05) is 96.1 Å². The molecule has 0 N–H and O–H groups in total. The molecule has 138 heavy (non-hydrogen) atoms. The average molecular weight is 2210 g/mol. The maximum atomic E-state index is 13.5. The predicted octanol–water partition coefficient (Wildman–Crippen LogP) is 16.1. The highest BCUT2D eigenvalue weighted by Crippen LogP contribution is 2.40. The average Bonchev–Trinajstić information content (AvgIpc) is 0.771. The lowest BCUT2D eigenvalue weighted by Crippen LogP contribution is -2.20. The Kier molecular flexibility index (Phi) is 46.4. The summed E-state index contributed by atoms with van der Waals surface area (Å²) in [5, 5.41) is 19.8. The van der Waals surface area contributed by atoms with Crippen LogP contribution in [0.25, 0.3) is 0 Å². The second-order valence-electron chi connectivity index (χ2n) is 36.2. The maximum absolute atomic E-state index is 13.5. The molecule has 9 rings (SSSR count). The van der Waals surface area contributed by atoms with Gasteiger partial charge in [-0.2, -0.15) is 39.5 Å². The fraction of sp³-hybridized carbons (Fsp3) is 0.356. The molecular formula is C87H99BrF5N2O32S11-9. The summed E-state index contributed by atoms with van der Waals surface area (Å²) in [6, 6.07) is 37.4. The molecule has 34 nitrogen and oxygen atoms in total. The lowest BCUT2D eigenvalue weighted by Gasteiger charge is -2.25. The van der Waals surface area contributed by atoms with Gasteiger partial charge in [-0.3, -0.25) is 14.9 Å². The van der Waals surface area contributed by atoms with Crippen LogP contribution in [0.1, 0.15) is 217 Å². The molecule has 0 bridgehead atoms. The van der Waals surface area contributed by atoms with Gasteiger partial charge in [0.05, 0.1) is 66.2 Å². The zero-order valence-electron chi connectivity index (χ0n) is 77.8. The van der Waals surface area contributed by atoms with Gasteiger partial charge in [-0.1, -0.05) is 228 Å². The van der Waals surface area contributed by atoms with E-state index in [0.29, 0.717) is 33.7 Å². The van der Waals surface area contributed by atoms with Crippen molar-refractivity contribution in [3.05, 3.63) is 269 Å². The number of thiol groups is 1. The molecule has 0 saturated carbocycles. The Balaban J connectivity index is 0.00000153. The molecule has 0 aliphatic carbocycles. The molecule has 0 saturated heterocycles. The third-order valence-corrected chi connectivity index (χ3v) is 26.5. The molecule has 766 valence electrons. The van der Waals surface area contributed by atoms with E-state index in [9.17, 15) is 154 Å². The first-order valence-corrected chi connectivity index (χ1v) is 53.6. The Morgan fingerprint density at radius 1 is 0.362 bits per heavy atom. The Labute approximate surface area is 819 Å². The summed E-state index contributed by atoms with van der Waals surface area (Å²) in [5.74, 6) is -1.15. The van der Waals surface area contributed by atoms with Crippen molar-refractivity contribution in [2.45, 2.75) is 246 Å². The highest BCUT2D eigenvalue weighted by atomic mass is 79.9. The van der Waals surface area contributed by atoms with Crippen molar-refractivity contribution < 1.29 is 157 Å². The number of nitro groups is 1. The molecule has 0 amide bonds. The number of nitro benzene ring substituents is 1. The molecule has 0 unspecified atom stereocenters. The first-order chi connectivity index (χ1) is 61.5. The number of carbonyl (C=O) groups excluding carboxylic acids is 1. The quantitative estimate of drug-likeness (QED) is 0.0296. The number of benzene rings is 9. The number of aryl methyl sites for hydroxylation is 1. The van der Waals surface area contributed by atoms with Crippen LogP contribution in [0.2, 0.25) is 0 Å². The smallest absolute Gasteiger partial charge is 0.416 e. The largest absolute Gasteiger partial charge is 0.744 e. The molecule has 0 spiro atoms. The summed E-state index contributed by atoms with van der Waals surface area (Å²) in [6.07, 6.45) is -4.14. The molecule has 0 fully saturated rings. The minimum absolute atomic E-state index is 0.0464. The third kappa shape index (κ3) is 43.6. The maximum Gasteiger partial charge on any atom is 0.416 e. The number of nitriles is 1. The second kappa shape index (κ2) is 49.6. The molecule has 0 aliphatic rings. The number of nitrogens with zero attached hydrogens (tertiary/aromatic N) is 2. The van der Waals surface area contributed by atoms with Crippen molar-refractivity contribution in [3.8, 4) is 6.07 Å². The van der Waals surface area contributed by atoms with Gasteiger partial charge in [0.15, 0.2) is 0 Å². The fourth-order valence-electron chi connectivity index (χ4n) is 11.5. The minimum atomic E-state index is -4.90. The standard InChI is InChI=1S/C11H13F3O3S.C11H13NO3S.C11H14O4S.C11H16O3S.C10H13BrO3S.C10H13FO3S.C10H13NO5S.C7H8O3S2.C6H5FO3S.O2S/c1-10(2,3)8-5-4-7(18(15,16)17)6-9(8)11(12,13)14;2*1-11(2,3)10-5-4-9(16(13,14)15)6-8(10)7-12;1-8-7-9(15(12,13)14)5-6-10(8)11(2,3)4;2*1-10(2,3)8-5-4-7(6-9(8)11)15(12,13)14;1-10(2,3)8-5-4-7(17(14,15)16)6-9(8)11(12)13;8-12(9,10)7-3-1-6(5-11)2-4-7;7-5-3-1-2-4-6(5)11(8,9)10;1-3-2/h4-6H,1-3H3,(H,15,16,17);4-6H,1-3H3,(H,13,14,15);4-7H,1-3H3,(H,13,14,15);5-7H,1-4H3,(H,12,13,14);2*4-6H,1-3H3,(H,12,13,14);4-6H,1-3H3,(H,14,15,16);1-4,11H,5H2,(H,8,9,10);1-4H,(H,8,9,10);/p-9. The van der Waals surface area contributed by atoms with Gasteiger partial charge in [0.25, 0.3) is 5.69 Å². The second-order valence-corrected chi connectivity index (χ2v) is 49.9. The normalized spacial score (nSPS) is 12.4. The van der Waals surface area contributed by atoms with Gasteiger partial charge in [-0.05, 0) is 192 Å². The molecule has 9 aromatic carbocycles. The SMILES string of the molecule is CC(C)(C)c1ccc(S(=O)(=O)[O-])cc1Br.CC(C)(C)c1ccc(S(=O)(=O)[O-])cc1C#N.CC(C)(C)c1ccc(S(=O)(=O)[O-])cc1C(F)(F)F.CC(C)(C)c1ccc(S(=O)(=O)[O-])cc1C=O.CC(C)(C)c1ccc(S(=O)(=O)[O-])cc1F.CC(C)(C)c1ccc(S(=O)(=O)[O-])cc1[N+](=O)[O-].Cc1cc(S(=O)(=O)[O-])ccc1C(C)(C)C.O=S(=O)([O-])c1ccc(CS)cc1.O=S(=O)([O-])c1ccccc1F.O=S=O. The van der Waals surface area contributed by atoms with Crippen LogP contribution in [-0.2, 0) is 152 Å². The number of carbonyl (C=O) groups is 1. The van der Waals surface area contributed by atoms with Gasteiger partial charge in [0.2, 0.25) is 0 Å². The van der Waals surface area contributed by atoms with E-state index in [0.717, 1.165) is 94.0 Å². The van der Waals surface area contributed by atoms with Gasteiger partial charge < -0.3 is 41.0 Å². The lowest BCUT2D eigenvalue weighted by atomic mass is 9.83. The zero-order valence-corrected chi connectivity index (χ0v) is 88.4. The first kappa shape index (κ1) is 129. The zero-order chi connectivity index (χ0) is 109. The molecule has 0 radical (unpaired) electrons. The van der Waals surface area contributed by atoms with Gasteiger partial charge >= 0.3 is 17.7 Å². The van der Waals surface area contributed by atoms with Crippen molar-refractivity contribution in [3.63, 3.8) is 0 Å². The summed E-state index contributed by atoms with van der Waals surface area (Å²) in [5.41, 5.74) is 2.49. The summed E-state index contributed by atoms with van der Waals surface area (Å²) in [4.78, 5) is 16.9. The predicted molar refractivity (Wildman–Crippen MR) is 496 cm³/mol. The van der Waals surface area contributed by atoms with Gasteiger partial charge in [0.1, 0.15) is 109 Å². The van der Waals surface area contributed by atoms with E-state index in [-0.39, 0.29) is 68.5 Å². The van der Waals surface area contributed by atoms with E-state index < -0.39 is 167 Å². The number of aldehydes is 1. The Morgan fingerprint density at radius 3 is 0.949 bits per heavy atom. The van der Waals surface area contributed by atoms with Gasteiger partial charge in [-0.25, -0.2) is 84.5 Å². The van der Waals surface area contributed by atoms with Crippen LogP contribution in [0.5, 0.6) is 0 Å². The van der Waals surface area contributed by atoms with Gasteiger partial charge in [-0.15, -0.1) is 0 Å². The lowest BCUT2D eigenvalue weighted by molar-refractivity contribution is -0.386. The van der Waals surface area contributed by atoms with Crippen LogP contribution >= 0.6 is 28.6 Å². The molecule has 0 aliphatic heterocycles. The molecule has 0 atom stereocenters. The van der Waals surface area contributed by atoms with Crippen molar-refractivity contribution >= 4 is 143 Å². The summed E-state index contributed by atoms with van der Waals surface area (Å²) in [6.45, 7) is 40.8. The number of rotatable bonds is 12. The van der Waals surface area contributed by atoms with Crippen LogP contribution < -0.4 is 0 Å². The van der Waals surface area contributed by atoms with E-state index in [4.69, 9.17) is 13.7 Å². The van der Waals surface area contributed by atoms with Gasteiger partial charge in [0, 0.05) is 27.4 Å². The highest BCUT2D eigenvalue weighted by molar-refractivity contribution is 9.10. The van der Waals surface area contributed by atoms with Crippen LogP contribution in [0.4, 0.5) is 27.6 Å². The molecular weight excluding hydrogens is 2110 g/mol. The fourth-order valence-corrected chi connectivity index (χ4v) is 17.4. The van der Waals surface area contributed by atoms with Crippen LogP contribution in [-0.4, -0.2) is 136 Å².